The molecule has 2 unspecified atom stereocenters. The van der Waals surface area contributed by atoms with Gasteiger partial charge in [-0.3, -0.25) is 9.80 Å². The average molecular weight is 259 g/mol. The number of likely N-dealkylation sites (tertiary alicyclic amines) is 2. The highest BCUT2D eigenvalue weighted by atomic mass is 35.5. The molecule has 2 rings (SSSR count). The van der Waals surface area contributed by atoms with Crippen molar-refractivity contribution in [3.05, 3.63) is 11.6 Å². The Balaban J connectivity index is 1.84. The molecule has 4 heteroatoms. The third-order valence-electron chi connectivity index (χ3n) is 4.08. The van der Waals surface area contributed by atoms with Crippen LogP contribution in [0.3, 0.4) is 0 Å². The lowest BCUT2D eigenvalue weighted by molar-refractivity contribution is 0.126. The molecule has 2 saturated heterocycles. The van der Waals surface area contributed by atoms with Gasteiger partial charge in [0.25, 0.3) is 0 Å². The van der Waals surface area contributed by atoms with Crippen LogP contribution >= 0.6 is 11.6 Å². The van der Waals surface area contributed by atoms with Gasteiger partial charge in [-0.05, 0) is 38.8 Å². The first-order chi connectivity index (χ1) is 8.35. The summed E-state index contributed by atoms with van der Waals surface area (Å²) >= 11 is 5.59. The molecule has 0 bridgehead atoms. The van der Waals surface area contributed by atoms with Crippen molar-refractivity contribution in [3.63, 3.8) is 0 Å². The largest absolute Gasteiger partial charge is 0.395 e. The minimum absolute atomic E-state index is 0.314. The molecule has 0 aliphatic carbocycles. The van der Waals surface area contributed by atoms with Gasteiger partial charge in [-0.25, -0.2) is 0 Å². The molecule has 1 N–H and O–H groups in total. The minimum Gasteiger partial charge on any atom is -0.395 e. The molecular weight excluding hydrogens is 236 g/mol. The summed E-state index contributed by atoms with van der Waals surface area (Å²) in [4.78, 5) is 4.97. The molecule has 3 nitrogen and oxygen atoms in total. The zero-order valence-corrected chi connectivity index (χ0v) is 11.1. The standard InChI is InChI=1S/C13H23ClN2O/c14-6-3-9-15-7-1-4-12(15)10-16-8-2-5-13(16)11-17/h3,6,12-13,17H,1-2,4-5,7-11H2. The van der Waals surface area contributed by atoms with Crippen molar-refractivity contribution < 1.29 is 5.11 Å². The van der Waals surface area contributed by atoms with Crippen LogP contribution in [0, 0.1) is 0 Å². The Morgan fingerprint density at radius 3 is 2.53 bits per heavy atom. The monoisotopic (exact) mass is 258 g/mol. The number of rotatable bonds is 5. The first kappa shape index (κ1) is 13.3. The van der Waals surface area contributed by atoms with E-state index < -0.39 is 0 Å². The van der Waals surface area contributed by atoms with Crippen molar-refractivity contribution in [2.24, 2.45) is 0 Å². The average Bonchev–Trinajstić information content (AvgIpc) is 2.96. The summed E-state index contributed by atoms with van der Waals surface area (Å²) in [7, 11) is 0. The van der Waals surface area contributed by atoms with Crippen LogP contribution in [0.4, 0.5) is 0 Å². The van der Waals surface area contributed by atoms with Gasteiger partial charge in [0.2, 0.25) is 0 Å². The molecule has 0 saturated carbocycles. The van der Waals surface area contributed by atoms with Gasteiger partial charge in [0.15, 0.2) is 0 Å². The van der Waals surface area contributed by atoms with Crippen molar-refractivity contribution in [1.29, 1.82) is 0 Å². The van der Waals surface area contributed by atoms with Gasteiger partial charge in [0, 0.05) is 30.7 Å². The van der Waals surface area contributed by atoms with Crippen LogP contribution in [-0.4, -0.2) is 59.8 Å². The van der Waals surface area contributed by atoms with Crippen LogP contribution in [-0.2, 0) is 0 Å². The van der Waals surface area contributed by atoms with Gasteiger partial charge in [-0.15, -0.1) is 0 Å². The number of hydrogen-bond acceptors (Lipinski definition) is 3. The molecule has 2 aliphatic heterocycles. The fraction of sp³-hybridized carbons (Fsp3) is 0.846. The summed E-state index contributed by atoms with van der Waals surface area (Å²) in [6.45, 7) is 4.73. The van der Waals surface area contributed by atoms with E-state index in [0.717, 1.165) is 26.1 Å². The number of aliphatic hydroxyl groups is 1. The third kappa shape index (κ3) is 3.44. The maximum Gasteiger partial charge on any atom is 0.0586 e. The molecule has 2 fully saturated rings. The van der Waals surface area contributed by atoms with Gasteiger partial charge in [0.1, 0.15) is 0 Å². The van der Waals surface area contributed by atoms with Crippen LogP contribution in [0.5, 0.6) is 0 Å². The van der Waals surface area contributed by atoms with E-state index in [1.165, 1.54) is 25.8 Å². The fourth-order valence-electron chi connectivity index (χ4n) is 3.13. The summed E-state index contributed by atoms with van der Waals surface area (Å²) in [5, 5.41) is 9.33. The molecule has 0 aromatic heterocycles. The van der Waals surface area contributed by atoms with E-state index in [-0.39, 0.29) is 0 Å². The summed E-state index contributed by atoms with van der Waals surface area (Å²) in [5.74, 6) is 0. The van der Waals surface area contributed by atoms with E-state index >= 15 is 0 Å². The summed E-state index contributed by atoms with van der Waals surface area (Å²) in [5.41, 5.74) is 1.61. The van der Waals surface area contributed by atoms with E-state index in [9.17, 15) is 5.11 Å². The fourth-order valence-corrected chi connectivity index (χ4v) is 3.21. The Morgan fingerprint density at radius 1 is 1.12 bits per heavy atom. The third-order valence-corrected chi connectivity index (χ3v) is 4.26. The van der Waals surface area contributed by atoms with Crippen molar-refractivity contribution in [2.75, 3.05) is 32.8 Å². The molecule has 98 valence electrons. The lowest BCUT2D eigenvalue weighted by Gasteiger charge is -2.30. The zero-order chi connectivity index (χ0) is 12.1. The predicted octanol–water partition coefficient (Wildman–Crippen LogP) is 1.66. The van der Waals surface area contributed by atoms with Crippen molar-refractivity contribution in [2.45, 2.75) is 37.8 Å². The molecular formula is C13H23ClN2O. The summed E-state index contributed by atoms with van der Waals surface area (Å²) < 4.78 is 0. The molecule has 0 spiro atoms. The maximum absolute atomic E-state index is 9.33. The van der Waals surface area contributed by atoms with Gasteiger partial charge >= 0.3 is 0 Å². The Labute approximate surface area is 109 Å². The van der Waals surface area contributed by atoms with Crippen LogP contribution in [0.2, 0.25) is 0 Å². The molecule has 0 amide bonds. The highest BCUT2D eigenvalue weighted by molar-refractivity contribution is 6.25. The SMILES string of the molecule is OCC1CCCN1CC1CCCN1CC=CCl. The first-order valence-corrected chi connectivity index (χ1v) is 7.13. The Hall–Kier alpha value is -0.0900. The quantitative estimate of drug-likeness (QED) is 0.813. The summed E-state index contributed by atoms with van der Waals surface area (Å²) in [6, 6.07) is 1.05. The van der Waals surface area contributed by atoms with E-state index in [1.807, 2.05) is 6.08 Å². The van der Waals surface area contributed by atoms with Gasteiger partial charge in [-0.1, -0.05) is 17.7 Å². The Bertz CT molecular complexity index is 260. The molecule has 17 heavy (non-hydrogen) atoms. The summed E-state index contributed by atoms with van der Waals surface area (Å²) in [6.07, 6.45) is 6.99. The van der Waals surface area contributed by atoms with Crippen molar-refractivity contribution in [1.82, 2.24) is 9.80 Å². The van der Waals surface area contributed by atoms with E-state index in [4.69, 9.17) is 11.6 Å². The topological polar surface area (TPSA) is 26.7 Å². The molecule has 2 heterocycles. The Morgan fingerprint density at radius 2 is 1.82 bits per heavy atom. The molecule has 0 aromatic rings. The number of hydrogen-bond donors (Lipinski definition) is 1. The maximum atomic E-state index is 9.33. The smallest absolute Gasteiger partial charge is 0.0586 e. The molecule has 2 atom stereocenters. The van der Waals surface area contributed by atoms with Crippen LogP contribution in [0.25, 0.3) is 0 Å². The minimum atomic E-state index is 0.314. The normalized spacial score (nSPS) is 31.9. The van der Waals surface area contributed by atoms with Crippen LogP contribution < -0.4 is 0 Å². The van der Waals surface area contributed by atoms with E-state index in [1.54, 1.807) is 5.54 Å². The lowest BCUT2D eigenvalue weighted by atomic mass is 10.2. The van der Waals surface area contributed by atoms with Gasteiger partial charge < -0.3 is 5.11 Å². The van der Waals surface area contributed by atoms with Crippen molar-refractivity contribution in [3.8, 4) is 0 Å². The second kappa shape index (κ2) is 6.74. The van der Waals surface area contributed by atoms with Crippen LogP contribution in [0.15, 0.2) is 11.6 Å². The highest BCUT2D eigenvalue weighted by Gasteiger charge is 2.30. The first-order valence-electron chi connectivity index (χ1n) is 6.69. The second-order valence-corrected chi connectivity index (χ2v) is 5.38. The van der Waals surface area contributed by atoms with E-state index in [2.05, 4.69) is 9.80 Å². The van der Waals surface area contributed by atoms with Crippen molar-refractivity contribution >= 4 is 11.6 Å². The zero-order valence-electron chi connectivity index (χ0n) is 10.4. The number of halogens is 1. The van der Waals surface area contributed by atoms with Crippen LogP contribution in [0.1, 0.15) is 25.7 Å². The lowest BCUT2D eigenvalue weighted by Crippen LogP contribution is -2.43. The number of nitrogens with zero attached hydrogens (tertiary/aromatic N) is 2. The number of aliphatic hydroxyl groups excluding tert-OH is 1. The van der Waals surface area contributed by atoms with Gasteiger partial charge in [-0.2, -0.15) is 0 Å². The molecule has 2 aliphatic rings. The Kier molecular flexibility index (Phi) is 5.29. The second-order valence-electron chi connectivity index (χ2n) is 5.13. The highest BCUT2D eigenvalue weighted by Crippen LogP contribution is 2.23. The predicted molar refractivity (Wildman–Crippen MR) is 71.3 cm³/mol. The van der Waals surface area contributed by atoms with Gasteiger partial charge in [0.05, 0.1) is 6.61 Å². The molecule has 0 radical (unpaired) electrons. The van der Waals surface area contributed by atoms with E-state index in [0.29, 0.717) is 18.7 Å². The molecule has 0 aromatic carbocycles.